The van der Waals surface area contributed by atoms with Gasteiger partial charge in [-0.05, 0) is 32.8 Å². The highest BCUT2D eigenvalue weighted by molar-refractivity contribution is 5.79. The summed E-state index contributed by atoms with van der Waals surface area (Å²) >= 11 is 0. The molecule has 23 heavy (non-hydrogen) atoms. The fourth-order valence-electron chi connectivity index (χ4n) is 2.31. The maximum atomic E-state index is 14.3. The van der Waals surface area contributed by atoms with Crippen LogP contribution in [-0.4, -0.2) is 47.9 Å². The van der Waals surface area contributed by atoms with Crippen LogP contribution in [0.25, 0.3) is 0 Å². The first kappa shape index (κ1) is 17.4. The van der Waals surface area contributed by atoms with E-state index in [0.717, 1.165) is 10.5 Å². The van der Waals surface area contributed by atoms with Crippen molar-refractivity contribution in [3.63, 3.8) is 0 Å². The van der Waals surface area contributed by atoms with Crippen molar-refractivity contribution >= 4 is 12.3 Å². The fourth-order valence-corrected chi connectivity index (χ4v) is 2.31. The number of benzene rings is 1. The average Bonchev–Trinajstić information content (AvgIpc) is 2.44. The number of amides is 1. The lowest BCUT2D eigenvalue weighted by Gasteiger charge is -2.37. The maximum Gasteiger partial charge on any atom is 0.410 e. The molecule has 0 N–H and O–H groups in total. The van der Waals surface area contributed by atoms with Crippen molar-refractivity contribution < 1.29 is 18.3 Å². The van der Waals surface area contributed by atoms with Gasteiger partial charge in [-0.15, -0.1) is 0 Å². The zero-order valence-electron chi connectivity index (χ0n) is 13.6. The van der Waals surface area contributed by atoms with E-state index in [1.165, 1.54) is 6.21 Å². The summed E-state index contributed by atoms with van der Waals surface area (Å²) in [4.78, 5) is 17.0. The summed E-state index contributed by atoms with van der Waals surface area (Å²) in [5, 5.41) is 0. The zero-order valence-corrected chi connectivity index (χ0v) is 13.6. The molecule has 0 saturated carbocycles. The minimum atomic E-state index is -3.07. The van der Waals surface area contributed by atoms with E-state index in [-0.39, 0.29) is 13.0 Å². The Morgan fingerprint density at radius 1 is 1.35 bits per heavy atom. The van der Waals surface area contributed by atoms with Crippen LogP contribution in [0.4, 0.5) is 13.6 Å². The Balaban J connectivity index is 2.00. The van der Waals surface area contributed by atoms with E-state index in [1.807, 2.05) is 18.2 Å². The van der Waals surface area contributed by atoms with Crippen LogP contribution in [-0.2, 0) is 4.74 Å². The van der Waals surface area contributed by atoms with Crippen molar-refractivity contribution in [2.75, 3.05) is 13.1 Å². The Kier molecular flexibility index (Phi) is 5.02. The molecule has 1 aromatic carbocycles. The molecule has 0 radical (unpaired) electrons. The highest BCUT2D eigenvalue weighted by Crippen LogP contribution is 2.30. The van der Waals surface area contributed by atoms with Crippen molar-refractivity contribution in [2.24, 2.45) is 4.99 Å². The largest absolute Gasteiger partial charge is 0.444 e. The van der Waals surface area contributed by atoms with Gasteiger partial charge in [-0.25, -0.2) is 13.6 Å². The van der Waals surface area contributed by atoms with Gasteiger partial charge in [0.05, 0.1) is 6.54 Å². The van der Waals surface area contributed by atoms with Crippen LogP contribution in [0.3, 0.4) is 0 Å². The quantitative estimate of drug-likeness (QED) is 0.778. The first-order valence-corrected chi connectivity index (χ1v) is 7.61. The summed E-state index contributed by atoms with van der Waals surface area (Å²) in [7, 11) is 0. The van der Waals surface area contributed by atoms with E-state index in [0.29, 0.717) is 0 Å². The van der Waals surface area contributed by atoms with Crippen molar-refractivity contribution in [3.05, 3.63) is 35.9 Å². The lowest BCUT2D eigenvalue weighted by atomic mass is 10.0. The van der Waals surface area contributed by atoms with Gasteiger partial charge in [-0.2, -0.15) is 0 Å². The van der Waals surface area contributed by atoms with Gasteiger partial charge in [-0.1, -0.05) is 30.3 Å². The number of carbonyl (C=O) groups is 1. The van der Waals surface area contributed by atoms with E-state index in [2.05, 4.69) is 4.99 Å². The summed E-state index contributed by atoms with van der Waals surface area (Å²) in [6.07, 6.45) is 0.861. The van der Waals surface area contributed by atoms with Crippen LogP contribution in [0.2, 0.25) is 0 Å². The number of ether oxygens (including phenoxy) is 1. The molecule has 1 aliphatic rings. The summed E-state index contributed by atoms with van der Waals surface area (Å²) in [5.41, 5.74) is 0.0761. The smallest absolute Gasteiger partial charge is 0.410 e. The molecule has 1 aliphatic heterocycles. The number of alkyl halides is 2. The SMILES string of the molecule is CC(C)(C)OC(=O)N1CCC(/N=C/c2ccccc2)C(F)(F)C1. The number of likely N-dealkylation sites (tertiary alicyclic amines) is 1. The van der Waals surface area contributed by atoms with Gasteiger partial charge in [0.15, 0.2) is 0 Å². The van der Waals surface area contributed by atoms with Crippen LogP contribution in [0, 0.1) is 0 Å². The van der Waals surface area contributed by atoms with Crippen LogP contribution in [0.1, 0.15) is 32.8 Å². The number of rotatable bonds is 2. The predicted octanol–water partition coefficient (Wildman–Crippen LogP) is 3.75. The number of halogens is 2. The van der Waals surface area contributed by atoms with Crippen LogP contribution in [0.15, 0.2) is 35.3 Å². The summed E-state index contributed by atoms with van der Waals surface area (Å²) in [6.45, 7) is 4.67. The van der Waals surface area contributed by atoms with Gasteiger partial charge < -0.3 is 9.64 Å². The summed E-state index contributed by atoms with van der Waals surface area (Å²) < 4.78 is 33.7. The number of hydrogen-bond acceptors (Lipinski definition) is 3. The van der Waals surface area contributed by atoms with Crippen molar-refractivity contribution in [3.8, 4) is 0 Å². The van der Waals surface area contributed by atoms with E-state index < -0.39 is 30.2 Å². The highest BCUT2D eigenvalue weighted by atomic mass is 19.3. The molecule has 0 aliphatic carbocycles. The van der Waals surface area contributed by atoms with Crippen LogP contribution in [0.5, 0.6) is 0 Å². The van der Waals surface area contributed by atoms with Gasteiger partial charge >= 0.3 is 6.09 Å². The van der Waals surface area contributed by atoms with Crippen molar-refractivity contribution in [1.29, 1.82) is 0 Å². The predicted molar refractivity (Wildman–Crippen MR) is 85.2 cm³/mol. The number of aliphatic imine (C=N–C) groups is 1. The van der Waals surface area contributed by atoms with Crippen LogP contribution < -0.4 is 0 Å². The second-order valence-electron chi connectivity index (χ2n) is 6.66. The first-order chi connectivity index (χ1) is 10.7. The van der Waals surface area contributed by atoms with Gasteiger partial charge in [0.2, 0.25) is 0 Å². The van der Waals surface area contributed by atoms with Crippen molar-refractivity contribution in [1.82, 2.24) is 4.90 Å². The Labute approximate surface area is 135 Å². The standard InChI is InChI=1S/C17H22F2N2O2/c1-16(2,3)23-15(22)21-10-9-14(17(18,19)12-21)20-11-13-7-5-4-6-8-13/h4-8,11,14H,9-10,12H2,1-3H3/b20-11+. The molecule has 1 amide bonds. The molecule has 0 spiro atoms. The second-order valence-corrected chi connectivity index (χ2v) is 6.66. The second kappa shape index (κ2) is 6.64. The molecule has 1 atom stereocenters. The number of hydrogen-bond donors (Lipinski definition) is 0. The summed E-state index contributed by atoms with van der Waals surface area (Å²) in [6, 6.07) is 7.98. The topological polar surface area (TPSA) is 41.9 Å². The molecule has 1 heterocycles. The molecule has 1 saturated heterocycles. The molecule has 1 fully saturated rings. The number of carbonyl (C=O) groups excluding carboxylic acids is 1. The van der Waals surface area contributed by atoms with E-state index >= 15 is 0 Å². The molecule has 6 heteroatoms. The zero-order chi connectivity index (χ0) is 17.1. The van der Waals surface area contributed by atoms with Gasteiger partial charge in [-0.3, -0.25) is 4.99 Å². The monoisotopic (exact) mass is 324 g/mol. The minimum Gasteiger partial charge on any atom is -0.444 e. The minimum absolute atomic E-state index is 0.107. The summed E-state index contributed by atoms with van der Waals surface area (Å²) in [5.74, 6) is -3.07. The lowest BCUT2D eigenvalue weighted by Crippen LogP contribution is -2.53. The number of piperidine rings is 1. The first-order valence-electron chi connectivity index (χ1n) is 7.61. The van der Waals surface area contributed by atoms with Gasteiger partial charge in [0.1, 0.15) is 11.6 Å². The normalized spacial score (nSPS) is 21.4. The molecule has 2 rings (SSSR count). The molecule has 4 nitrogen and oxygen atoms in total. The van der Waals surface area contributed by atoms with E-state index in [1.54, 1.807) is 32.9 Å². The Bertz CT molecular complexity index is 568. The molecule has 1 unspecified atom stereocenters. The lowest BCUT2D eigenvalue weighted by molar-refractivity contribution is -0.0812. The highest BCUT2D eigenvalue weighted by Gasteiger charge is 2.46. The van der Waals surface area contributed by atoms with Crippen LogP contribution >= 0.6 is 0 Å². The van der Waals surface area contributed by atoms with Gasteiger partial charge in [0.25, 0.3) is 5.92 Å². The fraction of sp³-hybridized carbons (Fsp3) is 0.529. The molecule has 126 valence electrons. The Morgan fingerprint density at radius 2 is 2.00 bits per heavy atom. The molecule has 0 bridgehead atoms. The van der Waals surface area contributed by atoms with E-state index in [9.17, 15) is 13.6 Å². The maximum absolute atomic E-state index is 14.3. The third-order valence-electron chi connectivity index (χ3n) is 3.42. The van der Waals surface area contributed by atoms with E-state index in [4.69, 9.17) is 4.74 Å². The van der Waals surface area contributed by atoms with Crippen molar-refractivity contribution in [2.45, 2.75) is 44.8 Å². The molecule has 0 aromatic heterocycles. The third-order valence-corrected chi connectivity index (χ3v) is 3.42. The average molecular weight is 324 g/mol. The molecule has 1 aromatic rings. The Hall–Kier alpha value is -1.98. The molecular weight excluding hydrogens is 302 g/mol. The van der Waals surface area contributed by atoms with Gasteiger partial charge in [0, 0.05) is 12.8 Å². The number of nitrogens with zero attached hydrogens (tertiary/aromatic N) is 2. The third kappa shape index (κ3) is 5.01. The molecular formula is C17H22F2N2O2. The Morgan fingerprint density at radius 3 is 2.57 bits per heavy atom.